The minimum atomic E-state index is -0.657. The summed E-state index contributed by atoms with van der Waals surface area (Å²) in [5.74, 6) is -1.66. The molecule has 1 fully saturated rings. The SMILES string of the molecule is CCOC(=O)CCC(=O)CCC(=O)ONC(=O)C1CCCC1. The number of amides is 1. The van der Waals surface area contributed by atoms with Crippen LogP contribution < -0.4 is 5.48 Å². The van der Waals surface area contributed by atoms with Gasteiger partial charge in [-0.25, -0.2) is 4.79 Å². The second-order valence-corrected chi connectivity index (χ2v) is 5.27. The van der Waals surface area contributed by atoms with E-state index < -0.39 is 11.9 Å². The van der Waals surface area contributed by atoms with E-state index in [4.69, 9.17) is 4.74 Å². The van der Waals surface area contributed by atoms with Gasteiger partial charge in [0.1, 0.15) is 5.78 Å². The smallest absolute Gasteiger partial charge is 0.332 e. The van der Waals surface area contributed by atoms with Gasteiger partial charge in [0.2, 0.25) is 0 Å². The quantitative estimate of drug-likeness (QED) is 0.538. The molecule has 124 valence electrons. The van der Waals surface area contributed by atoms with Gasteiger partial charge >= 0.3 is 11.9 Å². The number of Topliss-reactive ketones (excluding diaryl/α,β-unsaturated/α-hetero) is 1. The molecule has 0 radical (unpaired) electrons. The summed E-state index contributed by atoms with van der Waals surface area (Å²) >= 11 is 0. The van der Waals surface area contributed by atoms with Crippen molar-refractivity contribution in [2.45, 2.75) is 58.3 Å². The molecule has 1 aliphatic rings. The fourth-order valence-electron chi connectivity index (χ4n) is 2.27. The number of hydroxylamine groups is 1. The minimum absolute atomic E-state index is 0.0140. The standard InChI is InChI=1S/C15H23NO6/c1-2-21-13(18)9-7-12(17)8-10-14(19)22-16-15(20)11-5-3-4-6-11/h11H,2-10H2,1H3,(H,16,20). The lowest BCUT2D eigenvalue weighted by Gasteiger charge is -2.09. The molecule has 0 heterocycles. The van der Waals surface area contributed by atoms with Gasteiger partial charge in [-0.15, -0.1) is 0 Å². The van der Waals surface area contributed by atoms with Crippen molar-refractivity contribution in [2.24, 2.45) is 5.92 Å². The fourth-order valence-corrected chi connectivity index (χ4v) is 2.27. The molecule has 7 nitrogen and oxygen atoms in total. The average Bonchev–Trinajstić information content (AvgIpc) is 3.03. The molecule has 0 aromatic rings. The van der Waals surface area contributed by atoms with E-state index in [1.54, 1.807) is 6.92 Å². The summed E-state index contributed by atoms with van der Waals surface area (Å²) in [5.41, 5.74) is 2.14. The van der Waals surface area contributed by atoms with Gasteiger partial charge in [-0.1, -0.05) is 12.8 Å². The maximum atomic E-state index is 11.6. The Morgan fingerprint density at radius 3 is 2.14 bits per heavy atom. The average molecular weight is 313 g/mol. The van der Waals surface area contributed by atoms with Crippen LogP contribution in [0.5, 0.6) is 0 Å². The summed E-state index contributed by atoms with van der Waals surface area (Å²) in [7, 11) is 0. The lowest BCUT2D eigenvalue weighted by molar-refractivity contribution is -0.160. The number of esters is 1. The molecule has 0 bridgehead atoms. The van der Waals surface area contributed by atoms with Crippen LogP contribution in [0.15, 0.2) is 0 Å². The first kappa shape index (κ1) is 18.1. The third-order valence-corrected chi connectivity index (χ3v) is 3.51. The number of hydrogen-bond donors (Lipinski definition) is 1. The van der Waals surface area contributed by atoms with Crippen molar-refractivity contribution in [3.05, 3.63) is 0 Å². The molecule has 0 atom stereocenters. The second-order valence-electron chi connectivity index (χ2n) is 5.27. The van der Waals surface area contributed by atoms with E-state index in [-0.39, 0.29) is 49.9 Å². The molecule has 1 N–H and O–H groups in total. The molecule has 7 heteroatoms. The second kappa shape index (κ2) is 9.92. The summed E-state index contributed by atoms with van der Waals surface area (Å²) in [4.78, 5) is 50.3. The molecule has 1 aliphatic carbocycles. The Morgan fingerprint density at radius 2 is 1.55 bits per heavy atom. The van der Waals surface area contributed by atoms with Gasteiger partial charge in [-0.05, 0) is 19.8 Å². The molecule has 0 aromatic heterocycles. The molecule has 0 unspecified atom stereocenters. The van der Waals surface area contributed by atoms with Gasteiger partial charge in [0.25, 0.3) is 5.91 Å². The molecule has 0 saturated heterocycles. The number of carbonyl (C=O) groups excluding carboxylic acids is 4. The van der Waals surface area contributed by atoms with E-state index in [0.717, 1.165) is 25.7 Å². The number of hydrogen-bond acceptors (Lipinski definition) is 6. The third-order valence-electron chi connectivity index (χ3n) is 3.51. The topological polar surface area (TPSA) is 98.8 Å². The number of ketones is 1. The predicted molar refractivity (Wildman–Crippen MR) is 76.3 cm³/mol. The van der Waals surface area contributed by atoms with Crippen molar-refractivity contribution in [3.63, 3.8) is 0 Å². The lowest BCUT2D eigenvalue weighted by atomic mass is 10.1. The highest BCUT2D eigenvalue weighted by atomic mass is 16.7. The van der Waals surface area contributed by atoms with Crippen LogP contribution in [0.3, 0.4) is 0 Å². The van der Waals surface area contributed by atoms with Crippen LogP contribution in [0, 0.1) is 5.92 Å². The van der Waals surface area contributed by atoms with Gasteiger partial charge in [0.05, 0.1) is 19.4 Å². The number of nitrogens with one attached hydrogen (secondary N) is 1. The zero-order valence-corrected chi connectivity index (χ0v) is 12.9. The van der Waals surface area contributed by atoms with Crippen molar-refractivity contribution in [1.29, 1.82) is 0 Å². The number of carbonyl (C=O) groups is 4. The highest BCUT2D eigenvalue weighted by molar-refractivity contribution is 5.86. The van der Waals surface area contributed by atoms with Crippen molar-refractivity contribution in [1.82, 2.24) is 5.48 Å². The maximum absolute atomic E-state index is 11.6. The Balaban J connectivity index is 2.10. The molecule has 0 aromatic carbocycles. The first-order valence-corrected chi connectivity index (χ1v) is 7.69. The van der Waals surface area contributed by atoms with Gasteiger partial charge in [-0.2, -0.15) is 5.48 Å². The van der Waals surface area contributed by atoms with Gasteiger partial charge < -0.3 is 9.57 Å². The van der Waals surface area contributed by atoms with E-state index in [1.807, 2.05) is 0 Å². The van der Waals surface area contributed by atoms with Crippen LogP contribution in [0.4, 0.5) is 0 Å². The first-order chi connectivity index (χ1) is 10.5. The predicted octanol–water partition coefficient (Wildman–Crippen LogP) is 1.44. The summed E-state index contributed by atoms with van der Waals surface area (Å²) in [6, 6.07) is 0. The van der Waals surface area contributed by atoms with E-state index >= 15 is 0 Å². The number of rotatable bonds is 8. The molecule has 1 rings (SSSR count). The van der Waals surface area contributed by atoms with E-state index in [1.165, 1.54) is 0 Å². The maximum Gasteiger partial charge on any atom is 0.332 e. The van der Waals surface area contributed by atoms with E-state index in [0.29, 0.717) is 0 Å². The molecule has 0 spiro atoms. The lowest BCUT2D eigenvalue weighted by Crippen LogP contribution is -2.31. The molecule has 0 aliphatic heterocycles. The zero-order valence-electron chi connectivity index (χ0n) is 12.9. The Bertz CT molecular complexity index is 414. The highest BCUT2D eigenvalue weighted by Gasteiger charge is 2.23. The zero-order chi connectivity index (χ0) is 16.4. The molecular weight excluding hydrogens is 290 g/mol. The Labute approximate surface area is 129 Å². The van der Waals surface area contributed by atoms with Crippen molar-refractivity contribution < 1.29 is 28.8 Å². The fraction of sp³-hybridized carbons (Fsp3) is 0.733. The monoisotopic (exact) mass is 313 g/mol. The molecule has 22 heavy (non-hydrogen) atoms. The third kappa shape index (κ3) is 7.19. The van der Waals surface area contributed by atoms with Gasteiger partial charge in [0.15, 0.2) is 0 Å². The van der Waals surface area contributed by atoms with Gasteiger partial charge in [-0.3, -0.25) is 14.4 Å². The Kier molecular flexibility index (Phi) is 8.17. The first-order valence-electron chi connectivity index (χ1n) is 7.69. The van der Waals surface area contributed by atoms with Crippen molar-refractivity contribution in [3.8, 4) is 0 Å². The van der Waals surface area contributed by atoms with Crippen LogP contribution in [0.25, 0.3) is 0 Å². The largest absolute Gasteiger partial charge is 0.466 e. The summed E-state index contributed by atoms with van der Waals surface area (Å²) in [6.45, 7) is 1.97. The Hall–Kier alpha value is -1.92. The van der Waals surface area contributed by atoms with Crippen molar-refractivity contribution in [2.75, 3.05) is 6.61 Å². The van der Waals surface area contributed by atoms with Gasteiger partial charge in [0, 0.05) is 18.8 Å². The van der Waals surface area contributed by atoms with Crippen LogP contribution in [0.2, 0.25) is 0 Å². The normalized spacial score (nSPS) is 14.4. The highest BCUT2D eigenvalue weighted by Crippen LogP contribution is 2.24. The molecule has 1 amide bonds. The van der Waals surface area contributed by atoms with E-state index in [2.05, 4.69) is 10.3 Å². The van der Waals surface area contributed by atoms with Crippen LogP contribution >= 0.6 is 0 Å². The van der Waals surface area contributed by atoms with Crippen LogP contribution in [-0.2, 0) is 28.8 Å². The van der Waals surface area contributed by atoms with Crippen LogP contribution in [0.1, 0.15) is 58.3 Å². The Morgan fingerprint density at radius 1 is 0.955 bits per heavy atom. The minimum Gasteiger partial charge on any atom is -0.466 e. The van der Waals surface area contributed by atoms with Crippen LogP contribution in [-0.4, -0.2) is 30.2 Å². The molecular formula is C15H23NO6. The number of ether oxygens (including phenoxy) is 1. The van der Waals surface area contributed by atoms with Crippen molar-refractivity contribution >= 4 is 23.6 Å². The summed E-state index contributed by atoms with van der Waals surface area (Å²) < 4.78 is 4.70. The summed E-state index contributed by atoms with van der Waals surface area (Å²) in [5, 5.41) is 0. The summed E-state index contributed by atoms with van der Waals surface area (Å²) in [6.07, 6.45) is 3.58. The van der Waals surface area contributed by atoms with E-state index in [9.17, 15) is 19.2 Å². The molecule has 1 saturated carbocycles.